The van der Waals surface area contributed by atoms with Gasteiger partial charge in [0.15, 0.2) is 14.1 Å². The Hall–Kier alpha value is -0.526. The summed E-state index contributed by atoms with van der Waals surface area (Å²) in [6.07, 6.45) is 8.42. The van der Waals surface area contributed by atoms with E-state index in [1.807, 2.05) is 6.08 Å². The molecule has 0 aromatic carbocycles. The molecule has 0 aromatic rings. The molecule has 4 aliphatic rings. The molecule has 0 amide bonds. The van der Waals surface area contributed by atoms with Crippen LogP contribution in [0, 0.1) is 28.6 Å². The van der Waals surface area contributed by atoms with Gasteiger partial charge >= 0.3 is 0 Å². The summed E-state index contributed by atoms with van der Waals surface area (Å²) in [5, 5.41) is 0. The number of ketones is 2. The van der Waals surface area contributed by atoms with Gasteiger partial charge in [0, 0.05) is 17.9 Å². The second-order valence-corrected chi connectivity index (χ2v) is 23.0. The molecule has 0 N–H and O–H groups in total. The SMILES string of the molecule is C[C@]12CCC(=O)C([Si](C)(C)C)C1=CC(=O)[C@@H]1[C@H]2CC[C@]2(C)C(O[Si](C)(C)C)CC[C@@H]12. The number of carbonyl (C=O) groups is 2. The molecule has 0 spiro atoms. The summed E-state index contributed by atoms with van der Waals surface area (Å²) in [5.41, 5.74) is 1.40. The Labute approximate surface area is 185 Å². The number of carbonyl (C=O) groups excluding carboxylic acids is 2. The van der Waals surface area contributed by atoms with Crippen LogP contribution in [-0.2, 0) is 14.0 Å². The standard InChI is InChI=1S/C25H42O3Si2/c1-24-14-12-19(26)23(29(3,4)5)18(24)15-20(27)22-16-9-10-21(28-30(6,7)8)25(16,2)13-11-17(22)24/h15-17,21-23H,9-14H2,1-8H3/t16-,17+,21?,22-,23?,24+,25-/m0/s1. The number of allylic oxidation sites excluding steroid dienone is 2. The van der Waals surface area contributed by atoms with Crippen LogP contribution in [0.5, 0.6) is 0 Å². The lowest BCUT2D eigenvalue weighted by molar-refractivity contribution is -0.136. The first-order chi connectivity index (χ1) is 13.7. The highest BCUT2D eigenvalue weighted by molar-refractivity contribution is 6.81. The van der Waals surface area contributed by atoms with Gasteiger partial charge < -0.3 is 4.43 Å². The van der Waals surface area contributed by atoms with Crippen molar-refractivity contribution in [3.05, 3.63) is 11.6 Å². The minimum absolute atomic E-state index is 0.0243. The van der Waals surface area contributed by atoms with Crippen LogP contribution < -0.4 is 0 Å². The van der Waals surface area contributed by atoms with Crippen LogP contribution in [-0.4, -0.2) is 34.1 Å². The molecule has 30 heavy (non-hydrogen) atoms. The first-order valence-corrected chi connectivity index (χ1v) is 19.1. The molecule has 3 nitrogen and oxygen atoms in total. The lowest BCUT2D eigenvalue weighted by Crippen LogP contribution is -2.56. The molecule has 4 aliphatic carbocycles. The Morgan fingerprint density at radius 2 is 1.60 bits per heavy atom. The highest BCUT2D eigenvalue weighted by Crippen LogP contribution is 2.66. The van der Waals surface area contributed by atoms with Gasteiger partial charge in [-0.05, 0) is 80.5 Å². The van der Waals surface area contributed by atoms with E-state index in [-0.39, 0.29) is 22.3 Å². The third kappa shape index (κ3) is 3.38. The van der Waals surface area contributed by atoms with E-state index < -0.39 is 16.4 Å². The summed E-state index contributed by atoms with van der Waals surface area (Å²) in [5.74, 6) is 1.69. The van der Waals surface area contributed by atoms with E-state index in [1.165, 1.54) is 5.57 Å². The maximum absolute atomic E-state index is 13.7. The minimum Gasteiger partial charge on any atom is -0.414 e. The quantitative estimate of drug-likeness (QED) is 0.482. The lowest BCUT2D eigenvalue weighted by Gasteiger charge is -2.58. The maximum atomic E-state index is 13.7. The van der Waals surface area contributed by atoms with Crippen LogP contribution in [0.4, 0.5) is 0 Å². The van der Waals surface area contributed by atoms with Crippen LogP contribution in [0.3, 0.4) is 0 Å². The molecule has 7 atom stereocenters. The summed E-state index contributed by atoms with van der Waals surface area (Å²) in [6, 6.07) is 0. The third-order valence-corrected chi connectivity index (χ3v) is 12.5. The summed E-state index contributed by atoms with van der Waals surface area (Å²) in [6.45, 7) is 18.6. The van der Waals surface area contributed by atoms with Crippen LogP contribution in [0.15, 0.2) is 11.6 Å². The zero-order chi connectivity index (χ0) is 22.3. The topological polar surface area (TPSA) is 43.4 Å². The average molecular weight is 447 g/mol. The van der Waals surface area contributed by atoms with Gasteiger partial charge in [-0.25, -0.2) is 0 Å². The Bertz CT molecular complexity index is 789. The van der Waals surface area contributed by atoms with Gasteiger partial charge in [-0.3, -0.25) is 9.59 Å². The molecule has 2 unspecified atom stereocenters. The number of hydrogen-bond donors (Lipinski definition) is 0. The first kappa shape index (κ1) is 22.7. The summed E-state index contributed by atoms with van der Waals surface area (Å²) in [4.78, 5) is 26.7. The smallest absolute Gasteiger partial charge is 0.184 e. The maximum Gasteiger partial charge on any atom is 0.184 e. The molecule has 0 saturated heterocycles. The lowest BCUT2D eigenvalue weighted by atomic mass is 9.47. The van der Waals surface area contributed by atoms with Crippen molar-refractivity contribution in [1.82, 2.24) is 0 Å². The predicted molar refractivity (Wildman–Crippen MR) is 128 cm³/mol. The van der Waals surface area contributed by atoms with E-state index in [9.17, 15) is 9.59 Å². The van der Waals surface area contributed by atoms with Gasteiger partial charge in [0.2, 0.25) is 0 Å². The van der Waals surface area contributed by atoms with Crippen molar-refractivity contribution in [2.75, 3.05) is 0 Å². The first-order valence-electron chi connectivity index (χ1n) is 12.1. The second-order valence-electron chi connectivity index (χ2n) is 13.3. The van der Waals surface area contributed by atoms with Crippen molar-refractivity contribution in [1.29, 1.82) is 0 Å². The van der Waals surface area contributed by atoms with E-state index >= 15 is 0 Å². The molecule has 0 aliphatic heterocycles. The number of hydrogen-bond acceptors (Lipinski definition) is 3. The molecule has 4 rings (SSSR count). The van der Waals surface area contributed by atoms with Crippen molar-refractivity contribution < 1.29 is 14.0 Å². The molecular formula is C25H42O3Si2. The fourth-order valence-corrected chi connectivity index (χ4v) is 11.5. The van der Waals surface area contributed by atoms with Crippen LogP contribution in [0.1, 0.15) is 52.4 Å². The minimum atomic E-state index is -1.73. The van der Waals surface area contributed by atoms with Crippen LogP contribution in [0.25, 0.3) is 0 Å². The van der Waals surface area contributed by atoms with E-state index in [0.29, 0.717) is 35.9 Å². The third-order valence-electron chi connectivity index (χ3n) is 9.17. The van der Waals surface area contributed by atoms with Crippen molar-refractivity contribution in [2.45, 2.75) is 103 Å². The molecular weight excluding hydrogens is 404 g/mol. The Balaban J connectivity index is 1.72. The highest BCUT2D eigenvalue weighted by atomic mass is 28.4. The molecule has 5 heteroatoms. The fraction of sp³-hybridized carbons (Fsp3) is 0.840. The van der Waals surface area contributed by atoms with Gasteiger partial charge in [-0.1, -0.05) is 39.1 Å². The van der Waals surface area contributed by atoms with E-state index in [0.717, 1.165) is 32.1 Å². The van der Waals surface area contributed by atoms with E-state index in [4.69, 9.17) is 4.43 Å². The average Bonchev–Trinajstić information content (AvgIpc) is 2.90. The predicted octanol–water partition coefficient (Wildman–Crippen LogP) is 6.24. The van der Waals surface area contributed by atoms with Crippen molar-refractivity contribution in [2.24, 2.45) is 28.6 Å². The van der Waals surface area contributed by atoms with Crippen LogP contribution in [0.2, 0.25) is 44.8 Å². The number of fused-ring (bicyclic) bond motifs is 5. The normalized spacial score (nSPS) is 44.3. The monoisotopic (exact) mass is 446 g/mol. The second kappa shape index (κ2) is 6.98. The van der Waals surface area contributed by atoms with Crippen molar-refractivity contribution >= 4 is 28.0 Å². The molecule has 3 fully saturated rings. The Morgan fingerprint density at radius 3 is 2.20 bits per heavy atom. The van der Waals surface area contributed by atoms with Crippen molar-refractivity contribution in [3.8, 4) is 0 Å². The van der Waals surface area contributed by atoms with Gasteiger partial charge in [0.25, 0.3) is 0 Å². The zero-order valence-corrected chi connectivity index (χ0v) is 22.4. The number of rotatable bonds is 3. The molecule has 0 radical (unpaired) electrons. The van der Waals surface area contributed by atoms with Crippen molar-refractivity contribution in [3.63, 3.8) is 0 Å². The highest BCUT2D eigenvalue weighted by Gasteiger charge is 2.63. The van der Waals surface area contributed by atoms with E-state index in [1.54, 1.807) is 0 Å². The molecule has 0 heterocycles. The van der Waals surface area contributed by atoms with Gasteiger partial charge in [0.1, 0.15) is 5.78 Å². The summed E-state index contributed by atoms with van der Waals surface area (Å²) in [7, 11) is -3.34. The van der Waals surface area contributed by atoms with Gasteiger partial charge in [-0.2, -0.15) is 0 Å². The van der Waals surface area contributed by atoms with E-state index in [2.05, 4.69) is 53.1 Å². The Morgan fingerprint density at radius 1 is 0.933 bits per heavy atom. The Kier molecular flexibility index (Phi) is 5.28. The largest absolute Gasteiger partial charge is 0.414 e. The molecule has 0 aromatic heterocycles. The molecule has 3 saturated carbocycles. The number of Topliss-reactive ketones (excluding diaryl/α,β-unsaturated/α-hetero) is 1. The molecule has 0 bridgehead atoms. The summed E-state index contributed by atoms with van der Waals surface area (Å²) >= 11 is 0. The fourth-order valence-electron chi connectivity index (χ4n) is 7.84. The molecule has 168 valence electrons. The van der Waals surface area contributed by atoms with Crippen LogP contribution >= 0.6 is 0 Å². The van der Waals surface area contributed by atoms with Gasteiger partial charge in [0.05, 0.1) is 14.2 Å². The zero-order valence-electron chi connectivity index (χ0n) is 20.4. The summed E-state index contributed by atoms with van der Waals surface area (Å²) < 4.78 is 6.67. The van der Waals surface area contributed by atoms with Gasteiger partial charge in [-0.15, -0.1) is 0 Å².